The zero-order valence-corrected chi connectivity index (χ0v) is 18.5. The van der Waals surface area contributed by atoms with Crippen molar-refractivity contribution in [3.05, 3.63) is 87.1 Å². The molecule has 1 heterocycles. The maximum Gasteiger partial charge on any atom is 0.416 e. The predicted molar refractivity (Wildman–Crippen MR) is 117 cm³/mol. The van der Waals surface area contributed by atoms with E-state index in [2.05, 4.69) is 15.3 Å². The summed E-state index contributed by atoms with van der Waals surface area (Å²) in [6.45, 7) is 0. The van der Waals surface area contributed by atoms with E-state index >= 15 is 0 Å². The van der Waals surface area contributed by atoms with Crippen LogP contribution in [0.5, 0.6) is 11.5 Å². The van der Waals surface area contributed by atoms with Crippen molar-refractivity contribution >= 4 is 5.91 Å². The maximum atomic E-state index is 12.9. The minimum atomic E-state index is -4.43. The molecular formula is C24H22F3N3O4. The second-order valence-corrected chi connectivity index (χ2v) is 8.05. The van der Waals surface area contributed by atoms with E-state index in [1.165, 1.54) is 26.4 Å². The minimum absolute atomic E-state index is 0.0718. The van der Waals surface area contributed by atoms with Gasteiger partial charge in [-0.1, -0.05) is 18.2 Å². The Hall–Kier alpha value is -3.82. The summed E-state index contributed by atoms with van der Waals surface area (Å²) in [7, 11) is 3.03. The lowest BCUT2D eigenvalue weighted by Gasteiger charge is -2.19. The first-order chi connectivity index (χ1) is 16.1. The van der Waals surface area contributed by atoms with E-state index in [1.807, 2.05) is 0 Å². The standard InChI is InChI=1S/C24H22F3N3O4/c1-33-18-8-3-14(11-19(18)34-2)12-20-28-17(13-21(31)29-20)22(32)30-23(9-10-23)15-4-6-16(7-5-15)24(25,26)27/h3-8,11,13H,9-10,12H2,1-2H3,(H,30,32)(H,28,29,31). The number of alkyl halides is 3. The van der Waals surface area contributed by atoms with Gasteiger partial charge in [0.1, 0.15) is 11.5 Å². The molecular weight excluding hydrogens is 451 g/mol. The highest BCUT2D eigenvalue weighted by molar-refractivity contribution is 5.93. The number of benzene rings is 2. The fourth-order valence-electron chi connectivity index (χ4n) is 3.76. The second-order valence-electron chi connectivity index (χ2n) is 8.05. The van der Waals surface area contributed by atoms with Crippen molar-refractivity contribution < 1.29 is 27.4 Å². The number of carbonyl (C=O) groups excluding carboxylic acids is 1. The highest BCUT2D eigenvalue weighted by Gasteiger charge is 2.46. The van der Waals surface area contributed by atoms with Crippen molar-refractivity contribution in [2.75, 3.05) is 14.2 Å². The lowest BCUT2D eigenvalue weighted by molar-refractivity contribution is -0.137. The van der Waals surface area contributed by atoms with Crippen molar-refractivity contribution in [2.45, 2.75) is 31.0 Å². The number of hydrogen-bond acceptors (Lipinski definition) is 5. The quantitative estimate of drug-likeness (QED) is 0.544. The van der Waals surface area contributed by atoms with Gasteiger partial charge in [-0.25, -0.2) is 4.98 Å². The van der Waals surface area contributed by atoms with Gasteiger partial charge in [0.25, 0.3) is 11.5 Å². The van der Waals surface area contributed by atoms with Crippen LogP contribution in [0.3, 0.4) is 0 Å². The highest BCUT2D eigenvalue weighted by atomic mass is 19.4. The largest absolute Gasteiger partial charge is 0.493 e. The van der Waals surface area contributed by atoms with Gasteiger partial charge in [-0.15, -0.1) is 0 Å². The monoisotopic (exact) mass is 473 g/mol. The normalized spacial score (nSPS) is 14.4. The molecule has 0 radical (unpaired) electrons. The molecule has 0 atom stereocenters. The van der Waals surface area contributed by atoms with Gasteiger partial charge in [0.15, 0.2) is 11.5 Å². The predicted octanol–water partition coefficient (Wildman–Crippen LogP) is 3.82. The smallest absolute Gasteiger partial charge is 0.416 e. The SMILES string of the molecule is COc1ccc(Cc2nc(C(=O)NC3(c4ccc(C(F)(F)F)cc4)CC3)cc(=O)[nH]2)cc1OC. The molecule has 1 aliphatic carbocycles. The number of ether oxygens (including phenoxy) is 2. The molecule has 0 spiro atoms. The van der Waals surface area contributed by atoms with Crippen LogP contribution in [-0.4, -0.2) is 30.1 Å². The number of H-pyrrole nitrogens is 1. The summed E-state index contributed by atoms with van der Waals surface area (Å²) >= 11 is 0. The lowest BCUT2D eigenvalue weighted by atomic mass is 10.0. The van der Waals surface area contributed by atoms with Crippen LogP contribution in [0.25, 0.3) is 0 Å². The van der Waals surface area contributed by atoms with E-state index in [0.29, 0.717) is 29.9 Å². The van der Waals surface area contributed by atoms with Crippen molar-refractivity contribution in [3.8, 4) is 11.5 Å². The molecule has 2 N–H and O–H groups in total. The molecule has 3 aromatic rings. The molecule has 1 saturated carbocycles. The van der Waals surface area contributed by atoms with Gasteiger partial charge in [-0.3, -0.25) is 9.59 Å². The van der Waals surface area contributed by atoms with Gasteiger partial charge in [0, 0.05) is 12.5 Å². The summed E-state index contributed by atoms with van der Waals surface area (Å²) in [6.07, 6.45) is -3.05. The average molecular weight is 473 g/mol. The van der Waals surface area contributed by atoms with Crippen molar-refractivity contribution in [1.29, 1.82) is 0 Å². The summed E-state index contributed by atoms with van der Waals surface area (Å²) < 4.78 is 49.1. The van der Waals surface area contributed by atoms with E-state index in [1.54, 1.807) is 18.2 Å². The summed E-state index contributed by atoms with van der Waals surface area (Å²) in [5, 5.41) is 2.84. The first kappa shape index (κ1) is 23.3. The first-order valence-corrected chi connectivity index (χ1v) is 10.4. The molecule has 0 bridgehead atoms. The third-order valence-corrected chi connectivity index (χ3v) is 5.71. The summed E-state index contributed by atoms with van der Waals surface area (Å²) in [6, 6.07) is 11.1. The number of hydrogen-bond donors (Lipinski definition) is 2. The van der Waals surface area contributed by atoms with Crippen molar-refractivity contribution in [2.24, 2.45) is 0 Å². The third-order valence-electron chi connectivity index (χ3n) is 5.71. The molecule has 10 heteroatoms. The van der Waals surface area contributed by atoms with Crippen LogP contribution in [0, 0.1) is 0 Å². The fraction of sp³-hybridized carbons (Fsp3) is 0.292. The Labute approximate surface area is 192 Å². The number of nitrogens with one attached hydrogen (secondary N) is 2. The maximum absolute atomic E-state index is 12.9. The number of nitrogens with zero attached hydrogens (tertiary/aromatic N) is 1. The van der Waals surface area contributed by atoms with E-state index in [9.17, 15) is 22.8 Å². The third kappa shape index (κ3) is 4.90. The Morgan fingerprint density at radius 3 is 2.32 bits per heavy atom. The van der Waals surface area contributed by atoms with E-state index in [4.69, 9.17) is 9.47 Å². The number of halogens is 3. The second kappa shape index (κ2) is 8.85. The number of aromatic amines is 1. The van der Waals surface area contributed by atoms with Crippen molar-refractivity contribution in [1.82, 2.24) is 15.3 Å². The molecule has 0 unspecified atom stereocenters. The molecule has 1 aromatic heterocycles. The molecule has 7 nitrogen and oxygen atoms in total. The molecule has 34 heavy (non-hydrogen) atoms. The van der Waals surface area contributed by atoms with Gasteiger partial charge in [-0.05, 0) is 48.2 Å². The zero-order chi connectivity index (χ0) is 24.5. The molecule has 1 amide bonds. The van der Waals surface area contributed by atoms with Gasteiger partial charge < -0.3 is 19.8 Å². The van der Waals surface area contributed by atoms with Crippen LogP contribution in [0.2, 0.25) is 0 Å². The molecule has 0 saturated heterocycles. The topological polar surface area (TPSA) is 93.3 Å². The average Bonchev–Trinajstić information content (AvgIpc) is 3.58. The van der Waals surface area contributed by atoms with E-state index in [0.717, 1.165) is 23.8 Å². The Bertz CT molecular complexity index is 1270. The van der Waals surface area contributed by atoms with Crippen LogP contribution >= 0.6 is 0 Å². The minimum Gasteiger partial charge on any atom is -0.493 e. The van der Waals surface area contributed by atoms with Gasteiger partial charge in [0.2, 0.25) is 0 Å². The Morgan fingerprint density at radius 1 is 1.06 bits per heavy atom. The molecule has 4 rings (SSSR count). The Balaban J connectivity index is 1.53. The number of aromatic nitrogens is 2. The van der Waals surface area contributed by atoms with Crippen LogP contribution in [0.4, 0.5) is 13.2 Å². The summed E-state index contributed by atoms with van der Waals surface area (Å²) in [4.78, 5) is 32.0. The molecule has 1 fully saturated rings. The molecule has 0 aliphatic heterocycles. The molecule has 1 aliphatic rings. The number of amides is 1. The number of rotatable bonds is 7. The van der Waals surface area contributed by atoms with Crippen LogP contribution in [-0.2, 0) is 18.1 Å². The summed E-state index contributed by atoms with van der Waals surface area (Å²) in [5.74, 6) is 0.781. The molecule has 2 aromatic carbocycles. The van der Waals surface area contributed by atoms with Gasteiger partial charge in [0.05, 0.1) is 25.3 Å². The zero-order valence-electron chi connectivity index (χ0n) is 18.5. The number of carbonyl (C=O) groups is 1. The van der Waals surface area contributed by atoms with Crippen LogP contribution < -0.4 is 20.3 Å². The van der Waals surface area contributed by atoms with Gasteiger partial charge >= 0.3 is 6.18 Å². The first-order valence-electron chi connectivity index (χ1n) is 10.4. The Morgan fingerprint density at radius 2 is 1.74 bits per heavy atom. The van der Waals surface area contributed by atoms with Crippen LogP contribution in [0.15, 0.2) is 53.3 Å². The summed E-state index contributed by atoms with van der Waals surface area (Å²) in [5.41, 5.74) is -0.734. The molecule has 178 valence electrons. The Kier molecular flexibility index (Phi) is 6.07. The van der Waals surface area contributed by atoms with E-state index < -0.39 is 28.7 Å². The number of methoxy groups -OCH3 is 2. The lowest BCUT2D eigenvalue weighted by Crippen LogP contribution is -2.36. The van der Waals surface area contributed by atoms with Crippen LogP contribution in [0.1, 0.15) is 45.8 Å². The van der Waals surface area contributed by atoms with Gasteiger partial charge in [-0.2, -0.15) is 13.2 Å². The van der Waals surface area contributed by atoms with E-state index in [-0.39, 0.29) is 17.9 Å². The fourth-order valence-corrected chi connectivity index (χ4v) is 3.76. The highest BCUT2D eigenvalue weighted by Crippen LogP contribution is 2.46. The van der Waals surface area contributed by atoms with Crippen molar-refractivity contribution in [3.63, 3.8) is 0 Å².